The molecule has 0 aromatic carbocycles. The molecule has 0 fully saturated rings. The lowest BCUT2D eigenvalue weighted by Crippen LogP contribution is -2.40. The van der Waals surface area contributed by atoms with Gasteiger partial charge in [0.1, 0.15) is 13.2 Å². The van der Waals surface area contributed by atoms with Crippen molar-refractivity contribution in [3.8, 4) is 0 Å². The van der Waals surface area contributed by atoms with Crippen LogP contribution in [0.5, 0.6) is 0 Å². The summed E-state index contributed by atoms with van der Waals surface area (Å²) in [5, 5.41) is 9.76. The van der Waals surface area contributed by atoms with E-state index in [1.807, 2.05) is 21.1 Å². The van der Waals surface area contributed by atoms with Crippen LogP contribution in [0.3, 0.4) is 0 Å². The summed E-state index contributed by atoms with van der Waals surface area (Å²) >= 11 is 0. The lowest BCUT2D eigenvalue weighted by Gasteiger charge is -2.25. The van der Waals surface area contributed by atoms with Gasteiger partial charge in [0.15, 0.2) is 6.10 Å². The standard InChI is InChI=1S/C82H147NO8/c1-6-8-10-12-14-16-18-20-22-24-26-28-30-32-34-36-37-38-39-40-41-42-43-45-46-48-50-52-54-56-58-60-62-64-66-68-70-72-79(84)89-76-78(77-90-82(81(86)87)88-75-74-83(3,4)5)91-80(85)73-71-69-67-65-63-61-59-57-55-53-51-49-47-44-35-33-31-29-27-25-23-21-19-17-15-13-11-9-7-2/h9,11,15,17,21,23,27,29,33,35,47,49,53,55,78,82H,6-8,10,12-14,16,18-20,22,24-26,28,30-32,34,36-46,48,50-52,54,56-77H2,1-5H3/p+1/b11-9-,17-15-,23-21-,29-27-,35-33-,49-47-,55-53-. The fraction of sp³-hybridized carbons (Fsp3) is 0.793. The Balaban J connectivity index is 4.03. The number of ether oxygens (including phenoxy) is 4. The van der Waals surface area contributed by atoms with Gasteiger partial charge >= 0.3 is 17.9 Å². The van der Waals surface area contributed by atoms with Crippen LogP contribution in [0.15, 0.2) is 85.1 Å². The van der Waals surface area contributed by atoms with Gasteiger partial charge in [-0.2, -0.15) is 0 Å². The van der Waals surface area contributed by atoms with E-state index < -0.39 is 24.3 Å². The lowest BCUT2D eigenvalue weighted by molar-refractivity contribution is -0.870. The maximum atomic E-state index is 13.0. The normalized spacial score (nSPS) is 13.1. The summed E-state index contributed by atoms with van der Waals surface area (Å²) in [4.78, 5) is 37.7. The molecule has 0 heterocycles. The van der Waals surface area contributed by atoms with Gasteiger partial charge < -0.3 is 28.5 Å². The molecule has 1 N–H and O–H groups in total. The Kier molecular flexibility index (Phi) is 69.5. The van der Waals surface area contributed by atoms with Crippen LogP contribution in [0.1, 0.15) is 361 Å². The van der Waals surface area contributed by atoms with E-state index in [1.54, 1.807) is 0 Å². The zero-order valence-electron chi connectivity index (χ0n) is 60.5. The summed E-state index contributed by atoms with van der Waals surface area (Å²) in [6, 6.07) is 0. The molecule has 91 heavy (non-hydrogen) atoms. The molecule has 2 unspecified atom stereocenters. The van der Waals surface area contributed by atoms with Crippen molar-refractivity contribution in [1.29, 1.82) is 0 Å². The number of quaternary nitrogens is 1. The number of carbonyl (C=O) groups excluding carboxylic acids is 2. The number of hydrogen-bond donors (Lipinski definition) is 1. The predicted molar refractivity (Wildman–Crippen MR) is 392 cm³/mol. The highest BCUT2D eigenvalue weighted by Crippen LogP contribution is 2.19. The molecule has 0 saturated carbocycles. The van der Waals surface area contributed by atoms with E-state index in [4.69, 9.17) is 18.9 Å². The van der Waals surface area contributed by atoms with E-state index in [2.05, 4.69) is 98.9 Å². The highest BCUT2D eigenvalue weighted by molar-refractivity contribution is 5.71. The number of carbonyl (C=O) groups is 3. The van der Waals surface area contributed by atoms with Crippen molar-refractivity contribution in [1.82, 2.24) is 0 Å². The molecule has 0 aliphatic heterocycles. The van der Waals surface area contributed by atoms with Crippen LogP contribution in [0, 0.1) is 0 Å². The van der Waals surface area contributed by atoms with E-state index in [-0.39, 0.29) is 32.2 Å². The smallest absolute Gasteiger partial charge is 0.361 e. The zero-order chi connectivity index (χ0) is 66.1. The minimum Gasteiger partial charge on any atom is -0.477 e. The summed E-state index contributed by atoms with van der Waals surface area (Å²) in [6.45, 7) is 4.80. The number of aliphatic carboxylic acids is 1. The number of rotatable bonds is 72. The van der Waals surface area contributed by atoms with Crippen molar-refractivity contribution in [3.63, 3.8) is 0 Å². The van der Waals surface area contributed by atoms with Gasteiger partial charge in [-0.05, 0) is 70.6 Å². The maximum Gasteiger partial charge on any atom is 0.361 e. The first-order valence-electron chi connectivity index (χ1n) is 38.8. The van der Waals surface area contributed by atoms with E-state index in [9.17, 15) is 19.5 Å². The topological polar surface area (TPSA) is 108 Å². The highest BCUT2D eigenvalue weighted by atomic mass is 16.7. The number of carboxylic acid groups (broad SMARTS) is 1. The predicted octanol–water partition coefficient (Wildman–Crippen LogP) is 24.6. The van der Waals surface area contributed by atoms with Crippen LogP contribution >= 0.6 is 0 Å². The van der Waals surface area contributed by atoms with Gasteiger partial charge in [0.2, 0.25) is 0 Å². The summed E-state index contributed by atoms with van der Waals surface area (Å²) in [6.07, 6.45) is 95.9. The SMILES string of the molecule is CC/C=C\C/C=C\C/C=C\C/C=C\C/C=C\C/C=C\C/C=C\CCCCCCCCCC(=O)OC(COC(=O)CCCCCCCCCCCCCCCCCCCCCCCCCCCCCCCCCCCCCCC)COC(OCC[N+](C)(C)C)C(=O)O. The molecular weight excluding hydrogens is 1130 g/mol. The molecule has 2 atom stereocenters. The van der Waals surface area contributed by atoms with Gasteiger partial charge in [0.05, 0.1) is 34.4 Å². The number of hydrogen-bond acceptors (Lipinski definition) is 7. The molecule has 0 spiro atoms. The Morgan fingerprint density at radius 1 is 0.341 bits per heavy atom. The van der Waals surface area contributed by atoms with Crippen LogP contribution in [0.25, 0.3) is 0 Å². The van der Waals surface area contributed by atoms with Crippen molar-refractivity contribution < 1.29 is 42.9 Å². The number of carboxylic acids is 1. The van der Waals surface area contributed by atoms with Crippen molar-refractivity contribution in [2.45, 2.75) is 373 Å². The minimum atomic E-state index is -1.52. The second kappa shape index (κ2) is 72.3. The molecule has 0 aromatic rings. The fourth-order valence-electron chi connectivity index (χ4n) is 11.3. The Morgan fingerprint density at radius 3 is 0.934 bits per heavy atom. The van der Waals surface area contributed by atoms with Gasteiger partial charge in [-0.25, -0.2) is 4.79 Å². The molecule has 0 aliphatic carbocycles. The first-order valence-corrected chi connectivity index (χ1v) is 38.8. The van der Waals surface area contributed by atoms with Gasteiger partial charge in [0, 0.05) is 12.8 Å². The Morgan fingerprint density at radius 2 is 0.626 bits per heavy atom. The molecule has 0 radical (unpaired) electrons. The van der Waals surface area contributed by atoms with Crippen molar-refractivity contribution in [2.24, 2.45) is 0 Å². The van der Waals surface area contributed by atoms with Gasteiger partial charge in [-0.1, -0.05) is 362 Å². The molecule has 9 heteroatoms. The maximum absolute atomic E-state index is 13.0. The highest BCUT2D eigenvalue weighted by Gasteiger charge is 2.25. The summed E-state index contributed by atoms with van der Waals surface area (Å²) in [5.74, 6) is -2.01. The molecule has 0 bridgehead atoms. The first-order chi connectivity index (χ1) is 44.6. The van der Waals surface area contributed by atoms with Crippen LogP contribution in [-0.2, 0) is 33.3 Å². The van der Waals surface area contributed by atoms with Crippen molar-refractivity contribution >= 4 is 17.9 Å². The Hall–Kier alpha value is -3.53. The third-order valence-corrected chi connectivity index (χ3v) is 17.2. The average molecular weight is 1280 g/mol. The van der Waals surface area contributed by atoms with Crippen LogP contribution in [-0.4, -0.2) is 87.4 Å². The average Bonchev–Trinajstić information content (AvgIpc) is 3.66. The summed E-state index contributed by atoms with van der Waals surface area (Å²) in [7, 11) is 5.98. The molecule has 528 valence electrons. The number of allylic oxidation sites excluding steroid dienone is 14. The molecule has 0 saturated heterocycles. The third-order valence-electron chi connectivity index (χ3n) is 17.2. The molecule has 0 aromatic heterocycles. The molecule has 0 rings (SSSR count). The lowest BCUT2D eigenvalue weighted by atomic mass is 10.0. The number of nitrogens with zero attached hydrogens (tertiary/aromatic N) is 1. The van der Waals surface area contributed by atoms with Crippen LogP contribution in [0.2, 0.25) is 0 Å². The zero-order valence-corrected chi connectivity index (χ0v) is 60.5. The first kappa shape index (κ1) is 87.5. The molecule has 0 amide bonds. The third kappa shape index (κ3) is 73.7. The monoisotopic (exact) mass is 1280 g/mol. The second-order valence-electron chi connectivity index (χ2n) is 27.3. The van der Waals surface area contributed by atoms with Gasteiger partial charge in [0.25, 0.3) is 6.29 Å². The molecular formula is C82H148NO8+. The fourth-order valence-corrected chi connectivity index (χ4v) is 11.3. The summed E-state index contributed by atoms with van der Waals surface area (Å²) in [5.41, 5.74) is 0. The molecule has 9 nitrogen and oxygen atoms in total. The van der Waals surface area contributed by atoms with E-state index >= 15 is 0 Å². The van der Waals surface area contributed by atoms with Gasteiger partial charge in [-0.3, -0.25) is 9.59 Å². The van der Waals surface area contributed by atoms with E-state index in [0.29, 0.717) is 23.9 Å². The van der Waals surface area contributed by atoms with Crippen LogP contribution in [0.4, 0.5) is 0 Å². The Labute approximate surface area is 563 Å². The van der Waals surface area contributed by atoms with Crippen molar-refractivity contribution in [2.75, 3.05) is 47.5 Å². The largest absolute Gasteiger partial charge is 0.477 e. The van der Waals surface area contributed by atoms with Crippen LogP contribution < -0.4 is 0 Å². The molecule has 0 aliphatic rings. The Bertz CT molecular complexity index is 1770. The number of likely N-dealkylation sites (N-methyl/N-ethyl adjacent to an activating group) is 1. The van der Waals surface area contributed by atoms with Gasteiger partial charge in [-0.15, -0.1) is 0 Å². The number of unbranched alkanes of at least 4 members (excludes halogenated alkanes) is 43. The van der Waals surface area contributed by atoms with Crippen molar-refractivity contribution in [3.05, 3.63) is 85.1 Å². The van der Waals surface area contributed by atoms with E-state index in [0.717, 1.165) is 89.9 Å². The minimum absolute atomic E-state index is 0.183. The van der Waals surface area contributed by atoms with E-state index in [1.165, 1.54) is 238 Å². The number of esters is 2. The quantitative estimate of drug-likeness (QED) is 0.0211. The summed E-state index contributed by atoms with van der Waals surface area (Å²) < 4.78 is 23.0. The second-order valence-corrected chi connectivity index (χ2v) is 27.3.